The minimum Gasteiger partial charge on any atom is -0.393 e. The van der Waals surface area contributed by atoms with Crippen molar-refractivity contribution in [1.82, 2.24) is 9.78 Å². The summed E-state index contributed by atoms with van der Waals surface area (Å²) >= 11 is 0. The summed E-state index contributed by atoms with van der Waals surface area (Å²) in [5.41, 5.74) is 1.22. The molecule has 1 aliphatic rings. The second-order valence-corrected chi connectivity index (χ2v) is 3.97. The van der Waals surface area contributed by atoms with Crippen LogP contribution in [0.25, 0.3) is 0 Å². The minimum absolute atomic E-state index is 0.0831. The van der Waals surface area contributed by atoms with Crippen molar-refractivity contribution in [1.29, 1.82) is 0 Å². The summed E-state index contributed by atoms with van der Waals surface area (Å²) in [4.78, 5) is 0. The summed E-state index contributed by atoms with van der Waals surface area (Å²) in [6, 6.07) is 0. The van der Waals surface area contributed by atoms with Crippen LogP contribution in [0, 0.1) is 5.92 Å². The van der Waals surface area contributed by atoms with Gasteiger partial charge in [-0.25, -0.2) is 0 Å². The van der Waals surface area contributed by atoms with Crippen LogP contribution in [-0.2, 0) is 13.5 Å². The van der Waals surface area contributed by atoms with Crippen molar-refractivity contribution in [3.63, 3.8) is 0 Å². The van der Waals surface area contributed by atoms with E-state index < -0.39 is 0 Å². The van der Waals surface area contributed by atoms with Crippen LogP contribution in [0.3, 0.4) is 0 Å². The topological polar surface area (TPSA) is 38.0 Å². The molecule has 2 rings (SSSR count). The first kappa shape index (κ1) is 8.75. The van der Waals surface area contributed by atoms with Crippen LogP contribution in [-0.4, -0.2) is 21.0 Å². The largest absolute Gasteiger partial charge is 0.393 e. The predicted molar refractivity (Wildman–Crippen MR) is 50.3 cm³/mol. The van der Waals surface area contributed by atoms with E-state index in [2.05, 4.69) is 5.10 Å². The van der Waals surface area contributed by atoms with Crippen molar-refractivity contribution in [2.45, 2.75) is 31.8 Å². The summed E-state index contributed by atoms with van der Waals surface area (Å²) in [5.74, 6) is 0.594. The summed E-state index contributed by atoms with van der Waals surface area (Å²) < 4.78 is 1.80. The third-order valence-corrected chi connectivity index (χ3v) is 2.65. The monoisotopic (exact) mass is 180 g/mol. The normalized spacial score (nSPS) is 18.9. The Bertz CT molecular complexity index is 278. The molecular formula is C10H16N2O. The fourth-order valence-corrected chi connectivity index (χ4v) is 1.63. The molecule has 1 atom stereocenters. The zero-order valence-electron chi connectivity index (χ0n) is 7.98. The first-order valence-electron chi connectivity index (χ1n) is 4.91. The fraction of sp³-hybridized carbons (Fsp3) is 0.700. The molecule has 1 aromatic rings. The lowest BCUT2D eigenvalue weighted by Gasteiger charge is -2.06. The van der Waals surface area contributed by atoms with Gasteiger partial charge in [-0.2, -0.15) is 5.10 Å². The van der Waals surface area contributed by atoms with Gasteiger partial charge in [-0.15, -0.1) is 0 Å². The minimum atomic E-state index is -0.0831. The van der Waals surface area contributed by atoms with Crippen LogP contribution >= 0.6 is 0 Å². The molecule has 3 heteroatoms. The number of aliphatic hydroxyl groups is 1. The SMILES string of the molecule is Cn1cc(CCC(O)C2CC2)cn1. The van der Waals surface area contributed by atoms with E-state index in [1.807, 2.05) is 19.4 Å². The van der Waals surface area contributed by atoms with Crippen LogP contribution in [0.2, 0.25) is 0 Å². The Morgan fingerprint density at radius 1 is 1.69 bits per heavy atom. The quantitative estimate of drug-likeness (QED) is 0.754. The van der Waals surface area contributed by atoms with Crippen LogP contribution in [0.15, 0.2) is 12.4 Å². The van der Waals surface area contributed by atoms with Gasteiger partial charge in [0.1, 0.15) is 0 Å². The summed E-state index contributed by atoms with van der Waals surface area (Å²) in [5, 5.41) is 13.7. The van der Waals surface area contributed by atoms with Crippen LogP contribution in [0.1, 0.15) is 24.8 Å². The molecule has 0 radical (unpaired) electrons. The number of rotatable bonds is 4. The van der Waals surface area contributed by atoms with Gasteiger partial charge in [-0.05, 0) is 37.2 Å². The molecule has 0 bridgehead atoms. The number of aryl methyl sites for hydroxylation is 2. The molecule has 13 heavy (non-hydrogen) atoms. The zero-order valence-corrected chi connectivity index (χ0v) is 7.98. The number of hydrogen-bond acceptors (Lipinski definition) is 2. The highest BCUT2D eigenvalue weighted by Crippen LogP contribution is 2.34. The molecule has 0 aromatic carbocycles. The molecule has 0 amide bonds. The zero-order chi connectivity index (χ0) is 9.26. The van der Waals surface area contributed by atoms with E-state index in [1.165, 1.54) is 18.4 Å². The molecule has 0 spiro atoms. The van der Waals surface area contributed by atoms with Gasteiger partial charge in [-0.3, -0.25) is 4.68 Å². The van der Waals surface area contributed by atoms with Crippen LogP contribution in [0.4, 0.5) is 0 Å². The van der Waals surface area contributed by atoms with Gasteiger partial charge in [-0.1, -0.05) is 0 Å². The van der Waals surface area contributed by atoms with E-state index >= 15 is 0 Å². The van der Waals surface area contributed by atoms with Gasteiger partial charge < -0.3 is 5.11 Å². The molecule has 1 unspecified atom stereocenters. The number of nitrogens with zero attached hydrogens (tertiary/aromatic N) is 2. The van der Waals surface area contributed by atoms with E-state index in [1.54, 1.807) is 4.68 Å². The maximum Gasteiger partial charge on any atom is 0.0571 e. The van der Waals surface area contributed by atoms with Crippen molar-refractivity contribution in [2.24, 2.45) is 13.0 Å². The fourth-order valence-electron chi connectivity index (χ4n) is 1.63. The second kappa shape index (κ2) is 3.50. The van der Waals surface area contributed by atoms with Gasteiger partial charge in [0.05, 0.1) is 12.3 Å². The van der Waals surface area contributed by atoms with Crippen LogP contribution in [0.5, 0.6) is 0 Å². The molecule has 1 aromatic heterocycles. The number of aromatic nitrogens is 2. The maximum absolute atomic E-state index is 9.63. The first-order chi connectivity index (χ1) is 6.25. The molecular weight excluding hydrogens is 164 g/mol. The first-order valence-corrected chi connectivity index (χ1v) is 4.91. The van der Waals surface area contributed by atoms with Crippen molar-refractivity contribution in [2.75, 3.05) is 0 Å². The van der Waals surface area contributed by atoms with Crippen molar-refractivity contribution in [3.05, 3.63) is 18.0 Å². The van der Waals surface area contributed by atoms with Crippen LogP contribution < -0.4 is 0 Å². The molecule has 3 nitrogen and oxygen atoms in total. The molecule has 1 N–H and O–H groups in total. The Labute approximate surface area is 78.4 Å². The highest BCUT2D eigenvalue weighted by atomic mass is 16.3. The molecule has 72 valence electrons. The maximum atomic E-state index is 9.63. The summed E-state index contributed by atoms with van der Waals surface area (Å²) in [7, 11) is 1.92. The average Bonchev–Trinajstić information content (AvgIpc) is 2.87. The smallest absolute Gasteiger partial charge is 0.0571 e. The predicted octanol–water partition coefficient (Wildman–Crippen LogP) is 1.12. The van der Waals surface area contributed by atoms with E-state index in [9.17, 15) is 5.11 Å². The molecule has 1 fully saturated rings. The third-order valence-electron chi connectivity index (χ3n) is 2.65. The lowest BCUT2D eigenvalue weighted by molar-refractivity contribution is 0.142. The van der Waals surface area contributed by atoms with Crippen molar-refractivity contribution < 1.29 is 5.11 Å². The number of aliphatic hydroxyl groups excluding tert-OH is 1. The average molecular weight is 180 g/mol. The highest BCUT2D eigenvalue weighted by molar-refractivity contribution is 5.04. The second-order valence-electron chi connectivity index (χ2n) is 3.97. The number of hydrogen-bond donors (Lipinski definition) is 1. The Morgan fingerprint density at radius 3 is 3.00 bits per heavy atom. The lowest BCUT2D eigenvalue weighted by Crippen LogP contribution is -2.09. The molecule has 1 saturated carbocycles. The Hall–Kier alpha value is -0.830. The standard InChI is InChI=1S/C10H16N2O/c1-12-7-8(6-11-12)2-5-10(13)9-3-4-9/h6-7,9-10,13H,2-5H2,1H3. The van der Waals surface area contributed by atoms with Gasteiger partial charge in [0, 0.05) is 13.2 Å². The van der Waals surface area contributed by atoms with E-state index in [0.29, 0.717) is 5.92 Å². The van der Waals surface area contributed by atoms with E-state index in [0.717, 1.165) is 12.8 Å². The van der Waals surface area contributed by atoms with Gasteiger partial charge in [0.2, 0.25) is 0 Å². The summed E-state index contributed by atoms with van der Waals surface area (Å²) in [6.45, 7) is 0. The molecule has 0 saturated heterocycles. The van der Waals surface area contributed by atoms with Crippen molar-refractivity contribution >= 4 is 0 Å². The highest BCUT2D eigenvalue weighted by Gasteiger charge is 2.29. The van der Waals surface area contributed by atoms with Gasteiger partial charge >= 0.3 is 0 Å². The Kier molecular flexibility index (Phi) is 2.36. The van der Waals surface area contributed by atoms with Crippen molar-refractivity contribution in [3.8, 4) is 0 Å². The van der Waals surface area contributed by atoms with E-state index in [4.69, 9.17) is 0 Å². The van der Waals surface area contributed by atoms with Gasteiger partial charge in [0.25, 0.3) is 0 Å². The molecule has 1 aliphatic carbocycles. The van der Waals surface area contributed by atoms with Gasteiger partial charge in [0.15, 0.2) is 0 Å². The summed E-state index contributed by atoms with van der Waals surface area (Å²) in [6.07, 6.45) is 8.07. The Morgan fingerprint density at radius 2 is 2.46 bits per heavy atom. The molecule has 1 heterocycles. The molecule has 0 aliphatic heterocycles. The third kappa shape index (κ3) is 2.31. The lowest BCUT2D eigenvalue weighted by atomic mass is 10.1. The Balaban J connectivity index is 1.78. The van der Waals surface area contributed by atoms with E-state index in [-0.39, 0.29) is 6.10 Å².